The Bertz CT molecular complexity index is 479. The molecule has 2 aromatic heterocycles. The molecule has 0 amide bonds. The van der Waals surface area contributed by atoms with Gasteiger partial charge in [-0.1, -0.05) is 12.2 Å². The average molecular weight is 195 g/mol. The van der Waals surface area contributed by atoms with Crippen molar-refractivity contribution in [1.82, 2.24) is 4.40 Å². The summed E-state index contributed by atoms with van der Waals surface area (Å²) in [4.78, 5) is 2.54. The lowest BCUT2D eigenvalue weighted by molar-refractivity contribution is 1.19. The van der Waals surface area contributed by atoms with Crippen LogP contribution in [-0.2, 0) is 0 Å². The molecule has 0 aliphatic heterocycles. The minimum absolute atomic E-state index is 0.898. The second-order valence-corrected chi connectivity index (χ2v) is 4.52. The van der Waals surface area contributed by atoms with Gasteiger partial charge in [0.2, 0.25) is 0 Å². The number of rotatable bonds is 0. The van der Waals surface area contributed by atoms with E-state index in [1.165, 1.54) is 15.3 Å². The fourth-order valence-electron chi connectivity index (χ4n) is 1.24. The average Bonchev–Trinajstić information content (AvgIpc) is 2.33. The van der Waals surface area contributed by atoms with Gasteiger partial charge in [-0.3, -0.25) is 4.40 Å². The van der Waals surface area contributed by atoms with Crippen LogP contribution in [0, 0.1) is 18.5 Å². The van der Waals surface area contributed by atoms with Crippen LogP contribution in [0.5, 0.6) is 0 Å². The van der Waals surface area contributed by atoms with E-state index in [1.54, 1.807) is 11.3 Å². The third-order valence-electron chi connectivity index (χ3n) is 1.85. The summed E-state index contributed by atoms with van der Waals surface area (Å²) in [7, 11) is 0. The lowest BCUT2D eigenvalue weighted by atomic mass is 10.4. The number of nitrogens with zero attached hydrogens (tertiary/aromatic N) is 1. The maximum Gasteiger partial charge on any atom is 0.112 e. The molecule has 0 bridgehead atoms. The second kappa shape index (κ2) is 2.68. The van der Waals surface area contributed by atoms with E-state index in [1.807, 2.05) is 12.3 Å². The van der Waals surface area contributed by atoms with Gasteiger partial charge in [-0.25, -0.2) is 0 Å². The van der Waals surface area contributed by atoms with Gasteiger partial charge >= 0.3 is 0 Å². The summed E-state index contributed by atoms with van der Waals surface area (Å²) < 4.78 is 2.96. The molecule has 0 fully saturated rings. The Hall–Kier alpha value is -0.670. The predicted molar refractivity (Wildman–Crippen MR) is 55.6 cm³/mol. The molecule has 0 unspecified atom stereocenters. The van der Waals surface area contributed by atoms with Crippen molar-refractivity contribution in [2.45, 2.75) is 13.8 Å². The summed E-state index contributed by atoms with van der Waals surface area (Å²) in [6.07, 6.45) is 2.03. The monoisotopic (exact) mass is 195 g/mol. The van der Waals surface area contributed by atoms with E-state index in [-0.39, 0.29) is 0 Å². The zero-order valence-electron chi connectivity index (χ0n) is 7.00. The molecule has 0 saturated heterocycles. The zero-order chi connectivity index (χ0) is 8.72. The minimum Gasteiger partial charge on any atom is -0.299 e. The smallest absolute Gasteiger partial charge is 0.112 e. The highest BCUT2D eigenvalue weighted by Crippen LogP contribution is 2.20. The molecular formula is C9H9NS2. The molecule has 0 atom stereocenters. The summed E-state index contributed by atoms with van der Waals surface area (Å²) in [6.45, 7) is 4.20. The lowest BCUT2D eigenvalue weighted by Gasteiger charge is -1.96. The predicted octanol–water partition coefficient (Wildman–Crippen LogP) is 3.35. The summed E-state index contributed by atoms with van der Waals surface area (Å²) in [5.41, 5.74) is 1.30. The molecule has 0 aliphatic carbocycles. The van der Waals surface area contributed by atoms with Crippen LogP contribution < -0.4 is 0 Å². The van der Waals surface area contributed by atoms with Gasteiger partial charge in [0, 0.05) is 11.1 Å². The van der Waals surface area contributed by atoms with Gasteiger partial charge in [0.05, 0.1) is 0 Å². The van der Waals surface area contributed by atoms with E-state index in [2.05, 4.69) is 24.3 Å². The molecule has 1 nitrogen and oxygen atoms in total. The van der Waals surface area contributed by atoms with Crippen LogP contribution in [0.1, 0.15) is 10.4 Å². The summed E-state index contributed by atoms with van der Waals surface area (Å²) in [6, 6.07) is 4.13. The Labute approximate surface area is 80.3 Å². The van der Waals surface area contributed by atoms with Gasteiger partial charge in [0.25, 0.3) is 0 Å². The molecular weight excluding hydrogens is 186 g/mol. The highest BCUT2D eigenvalue weighted by Gasteiger charge is 1.99. The van der Waals surface area contributed by atoms with E-state index in [4.69, 9.17) is 12.2 Å². The summed E-state index contributed by atoms with van der Waals surface area (Å²) >= 11 is 7.01. The van der Waals surface area contributed by atoms with Crippen molar-refractivity contribution in [3.05, 3.63) is 33.4 Å². The maximum absolute atomic E-state index is 5.22. The van der Waals surface area contributed by atoms with Gasteiger partial charge in [0.15, 0.2) is 0 Å². The molecule has 2 aromatic rings. The molecule has 0 aromatic carbocycles. The first-order valence-electron chi connectivity index (χ1n) is 3.77. The molecule has 2 heterocycles. The first-order chi connectivity index (χ1) is 5.68. The Morgan fingerprint density at radius 1 is 1.42 bits per heavy atom. The van der Waals surface area contributed by atoms with Crippen LogP contribution in [0.4, 0.5) is 0 Å². The summed E-state index contributed by atoms with van der Waals surface area (Å²) in [5, 5.41) is 0. The standard InChI is InChI=1S/C9H9NS2/c1-6-3-4-10-8(11)5-7(2)12-9(6)10/h3-5H,1-2H3. The van der Waals surface area contributed by atoms with Crippen LogP contribution in [0.2, 0.25) is 0 Å². The maximum atomic E-state index is 5.22. The molecule has 0 saturated carbocycles. The van der Waals surface area contributed by atoms with Gasteiger partial charge < -0.3 is 0 Å². The molecule has 12 heavy (non-hydrogen) atoms. The molecule has 62 valence electrons. The van der Waals surface area contributed by atoms with Crippen LogP contribution in [0.3, 0.4) is 0 Å². The number of fused-ring (bicyclic) bond motifs is 1. The van der Waals surface area contributed by atoms with E-state index >= 15 is 0 Å². The Kier molecular flexibility index (Phi) is 1.77. The van der Waals surface area contributed by atoms with Crippen molar-refractivity contribution in [2.75, 3.05) is 0 Å². The first kappa shape index (κ1) is 7.95. The topological polar surface area (TPSA) is 4.41 Å². The minimum atomic E-state index is 0.898. The van der Waals surface area contributed by atoms with Crippen molar-refractivity contribution in [3.63, 3.8) is 0 Å². The van der Waals surface area contributed by atoms with Crippen LogP contribution >= 0.6 is 23.6 Å². The molecule has 0 N–H and O–H groups in total. The first-order valence-corrected chi connectivity index (χ1v) is 4.99. The van der Waals surface area contributed by atoms with E-state index < -0.39 is 0 Å². The third kappa shape index (κ3) is 1.09. The van der Waals surface area contributed by atoms with Crippen molar-refractivity contribution < 1.29 is 0 Å². The van der Waals surface area contributed by atoms with Crippen LogP contribution in [0.25, 0.3) is 4.83 Å². The Morgan fingerprint density at radius 2 is 2.17 bits per heavy atom. The fraction of sp³-hybridized carbons (Fsp3) is 0.222. The largest absolute Gasteiger partial charge is 0.299 e. The summed E-state index contributed by atoms with van der Waals surface area (Å²) in [5.74, 6) is 0. The zero-order valence-corrected chi connectivity index (χ0v) is 8.63. The van der Waals surface area contributed by atoms with Crippen molar-refractivity contribution in [3.8, 4) is 0 Å². The normalized spacial score (nSPS) is 10.8. The number of aromatic nitrogens is 1. The number of hydrogen-bond donors (Lipinski definition) is 0. The van der Waals surface area contributed by atoms with Crippen LogP contribution in [0.15, 0.2) is 18.3 Å². The molecule has 0 spiro atoms. The van der Waals surface area contributed by atoms with E-state index in [0.717, 1.165) is 4.64 Å². The fourth-order valence-corrected chi connectivity index (χ4v) is 2.67. The van der Waals surface area contributed by atoms with Crippen LogP contribution in [-0.4, -0.2) is 4.40 Å². The van der Waals surface area contributed by atoms with E-state index in [9.17, 15) is 0 Å². The molecule has 3 heteroatoms. The second-order valence-electron chi connectivity index (χ2n) is 2.87. The third-order valence-corrected chi connectivity index (χ3v) is 3.32. The lowest BCUT2D eigenvalue weighted by Crippen LogP contribution is -1.82. The molecule has 0 radical (unpaired) electrons. The highest BCUT2D eigenvalue weighted by atomic mass is 32.1. The van der Waals surface area contributed by atoms with Gasteiger partial charge in [-0.05, 0) is 31.5 Å². The SMILES string of the molecule is Cc1cc(=S)n2ccc(C)c2s1. The van der Waals surface area contributed by atoms with Crippen molar-refractivity contribution in [2.24, 2.45) is 0 Å². The van der Waals surface area contributed by atoms with Crippen molar-refractivity contribution >= 4 is 28.4 Å². The van der Waals surface area contributed by atoms with E-state index in [0.29, 0.717) is 0 Å². The van der Waals surface area contributed by atoms with Gasteiger partial charge in [-0.2, -0.15) is 0 Å². The molecule has 2 rings (SSSR count). The number of hydrogen-bond acceptors (Lipinski definition) is 2. The Morgan fingerprint density at radius 3 is 2.92 bits per heavy atom. The van der Waals surface area contributed by atoms with Gasteiger partial charge in [-0.15, -0.1) is 11.3 Å². The highest BCUT2D eigenvalue weighted by molar-refractivity contribution is 7.71. The molecule has 0 aliphatic rings. The van der Waals surface area contributed by atoms with Crippen molar-refractivity contribution in [1.29, 1.82) is 0 Å². The number of aryl methyl sites for hydroxylation is 2. The van der Waals surface area contributed by atoms with Gasteiger partial charge in [0.1, 0.15) is 9.47 Å². The quantitative estimate of drug-likeness (QED) is 0.583. The Balaban J connectivity index is 3.03.